The average molecular weight is 426 g/mol. The zero-order valence-corrected chi connectivity index (χ0v) is 18.4. The van der Waals surface area contributed by atoms with Gasteiger partial charge in [0.15, 0.2) is 5.16 Å². The van der Waals surface area contributed by atoms with Gasteiger partial charge in [-0.1, -0.05) is 23.9 Å². The smallest absolute Gasteiger partial charge is 0.233 e. The van der Waals surface area contributed by atoms with Gasteiger partial charge in [0, 0.05) is 39.3 Å². The Balaban J connectivity index is 1.37. The van der Waals surface area contributed by atoms with E-state index in [-0.39, 0.29) is 5.91 Å². The molecule has 1 aromatic carbocycles. The summed E-state index contributed by atoms with van der Waals surface area (Å²) in [6, 6.07) is 12.1. The van der Waals surface area contributed by atoms with Crippen molar-refractivity contribution in [1.29, 1.82) is 0 Å². The molecule has 0 N–H and O–H groups in total. The molecule has 0 saturated heterocycles. The van der Waals surface area contributed by atoms with Crippen LogP contribution in [0.15, 0.2) is 52.2 Å². The van der Waals surface area contributed by atoms with E-state index in [1.54, 1.807) is 11.2 Å². The Morgan fingerprint density at radius 3 is 2.57 bits per heavy atom. The van der Waals surface area contributed by atoms with Crippen molar-refractivity contribution in [1.82, 2.24) is 19.7 Å². The number of aromatic nitrogens is 3. The van der Waals surface area contributed by atoms with E-state index in [1.165, 1.54) is 11.8 Å². The minimum Gasteiger partial charge on any atom is -0.467 e. The predicted octanol–water partition coefficient (Wildman–Crippen LogP) is 3.61. The third-order valence-electron chi connectivity index (χ3n) is 5.20. The molecule has 2 aromatic heterocycles. The fourth-order valence-corrected chi connectivity index (χ4v) is 4.14. The molecule has 7 nitrogen and oxygen atoms in total. The van der Waals surface area contributed by atoms with Crippen LogP contribution in [-0.4, -0.2) is 52.5 Å². The first kappa shape index (κ1) is 20.5. The van der Waals surface area contributed by atoms with Crippen molar-refractivity contribution in [2.45, 2.75) is 37.0 Å². The van der Waals surface area contributed by atoms with Crippen LogP contribution in [0.4, 0.5) is 5.69 Å². The van der Waals surface area contributed by atoms with Crippen molar-refractivity contribution in [3.05, 3.63) is 59.8 Å². The summed E-state index contributed by atoms with van der Waals surface area (Å²) in [4.78, 5) is 16.5. The maximum absolute atomic E-state index is 12.7. The quantitative estimate of drug-likeness (QED) is 0.488. The number of rotatable bonds is 9. The molecule has 0 unspecified atom stereocenters. The van der Waals surface area contributed by atoms with E-state index in [0.717, 1.165) is 40.8 Å². The van der Waals surface area contributed by atoms with Gasteiger partial charge in [-0.3, -0.25) is 9.36 Å². The van der Waals surface area contributed by atoms with Gasteiger partial charge in [0.1, 0.15) is 11.6 Å². The largest absolute Gasteiger partial charge is 0.467 e. The van der Waals surface area contributed by atoms with Crippen LogP contribution in [0.3, 0.4) is 0 Å². The summed E-state index contributed by atoms with van der Waals surface area (Å²) >= 11 is 1.44. The standard InChI is InChI=1S/C22H27N5O2S/c1-25(2)18-10-6-16(7-11-18)13-26(3)20(28)15-30-22-24-23-21(17-8-9-17)27(22)14-19-5-4-12-29-19/h4-7,10-12,17H,8-9,13-15H2,1-3H3. The molecule has 1 amide bonds. The lowest BCUT2D eigenvalue weighted by Gasteiger charge is -2.18. The van der Waals surface area contributed by atoms with Crippen LogP contribution in [0.5, 0.6) is 0 Å². The van der Waals surface area contributed by atoms with E-state index in [2.05, 4.69) is 43.9 Å². The van der Waals surface area contributed by atoms with Gasteiger partial charge in [0.25, 0.3) is 0 Å². The Hall–Kier alpha value is -2.74. The highest BCUT2D eigenvalue weighted by molar-refractivity contribution is 7.99. The topological polar surface area (TPSA) is 67.4 Å². The molecule has 3 aromatic rings. The van der Waals surface area contributed by atoms with Crippen LogP contribution in [0, 0.1) is 0 Å². The normalized spacial score (nSPS) is 13.4. The first-order chi connectivity index (χ1) is 14.5. The van der Waals surface area contributed by atoms with E-state index in [0.29, 0.717) is 24.8 Å². The number of nitrogens with zero attached hydrogens (tertiary/aromatic N) is 5. The van der Waals surface area contributed by atoms with Crippen LogP contribution in [0.2, 0.25) is 0 Å². The van der Waals surface area contributed by atoms with Gasteiger partial charge >= 0.3 is 0 Å². The molecule has 1 aliphatic rings. The first-order valence-electron chi connectivity index (χ1n) is 10.1. The minimum atomic E-state index is 0.0669. The van der Waals surface area contributed by atoms with Gasteiger partial charge in [-0.05, 0) is 42.7 Å². The van der Waals surface area contributed by atoms with Crippen molar-refractivity contribution >= 4 is 23.4 Å². The summed E-state index contributed by atoms with van der Waals surface area (Å²) in [6.07, 6.45) is 3.97. The van der Waals surface area contributed by atoms with E-state index < -0.39 is 0 Å². The zero-order valence-electron chi connectivity index (χ0n) is 17.6. The lowest BCUT2D eigenvalue weighted by molar-refractivity contribution is -0.127. The molecular weight excluding hydrogens is 398 g/mol. The Morgan fingerprint density at radius 2 is 1.93 bits per heavy atom. The Bertz CT molecular complexity index is 978. The van der Waals surface area contributed by atoms with Crippen molar-refractivity contribution in [2.24, 2.45) is 0 Å². The van der Waals surface area contributed by atoms with Gasteiger partial charge in [-0.25, -0.2) is 0 Å². The Morgan fingerprint density at radius 1 is 1.17 bits per heavy atom. The van der Waals surface area contributed by atoms with Crippen LogP contribution < -0.4 is 4.90 Å². The molecule has 1 aliphatic carbocycles. The zero-order chi connectivity index (χ0) is 21.1. The Kier molecular flexibility index (Phi) is 6.13. The highest BCUT2D eigenvalue weighted by atomic mass is 32.2. The monoisotopic (exact) mass is 425 g/mol. The minimum absolute atomic E-state index is 0.0669. The number of anilines is 1. The molecule has 4 rings (SSSR count). The second-order valence-corrected chi connectivity index (χ2v) is 8.82. The SMILES string of the molecule is CN(Cc1ccc(N(C)C)cc1)C(=O)CSc1nnc(C2CC2)n1Cc1ccco1. The summed E-state index contributed by atoms with van der Waals surface area (Å²) in [6.45, 7) is 1.18. The van der Waals surface area contributed by atoms with Gasteiger partial charge < -0.3 is 14.2 Å². The summed E-state index contributed by atoms with van der Waals surface area (Å²) in [5.41, 5.74) is 2.25. The molecular formula is C22H27N5O2S. The van der Waals surface area contributed by atoms with Gasteiger partial charge in [-0.2, -0.15) is 0 Å². The average Bonchev–Trinajstić information content (AvgIpc) is 3.30. The van der Waals surface area contributed by atoms with Crippen LogP contribution in [0.25, 0.3) is 0 Å². The summed E-state index contributed by atoms with van der Waals surface area (Å²) < 4.78 is 7.60. The van der Waals surface area contributed by atoms with Crippen molar-refractivity contribution in [2.75, 3.05) is 31.8 Å². The molecule has 0 aliphatic heterocycles. The second kappa shape index (κ2) is 8.95. The third kappa shape index (κ3) is 4.87. The molecule has 0 radical (unpaired) electrons. The number of thioether (sulfide) groups is 1. The number of carbonyl (C=O) groups excluding carboxylic acids is 1. The molecule has 0 spiro atoms. The Labute approximate surface area is 181 Å². The third-order valence-corrected chi connectivity index (χ3v) is 6.16. The van der Waals surface area contributed by atoms with Crippen LogP contribution in [-0.2, 0) is 17.9 Å². The molecule has 1 saturated carbocycles. The number of benzene rings is 1. The van der Waals surface area contributed by atoms with E-state index in [9.17, 15) is 4.79 Å². The van der Waals surface area contributed by atoms with E-state index in [1.807, 2.05) is 33.3 Å². The number of hydrogen-bond donors (Lipinski definition) is 0. The first-order valence-corrected chi connectivity index (χ1v) is 11.1. The maximum Gasteiger partial charge on any atom is 0.233 e. The predicted molar refractivity (Wildman–Crippen MR) is 118 cm³/mol. The van der Waals surface area contributed by atoms with Gasteiger partial charge in [0.05, 0.1) is 18.6 Å². The van der Waals surface area contributed by atoms with Gasteiger partial charge in [-0.15, -0.1) is 10.2 Å². The molecule has 2 heterocycles. The van der Waals surface area contributed by atoms with E-state index in [4.69, 9.17) is 4.42 Å². The molecule has 158 valence electrons. The summed E-state index contributed by atoms with van der Waals surface area (Å²) in [7, 11) is 5.87. The maximum atomic E-state index is 12.7. The number of furan rings is 1. The van der Waals surface area contributed by atoms with Crippen molar-refractivity contribution in [3.8, 4) is 0 Å². The summed E-state index contributed by atoms with van der Waals surface area (Å²) in [5.74, 6) is 2.73. The lowest BCUT2D eigenvalue weighted by Crippen LogP contribution is -2.28. The fraction of sp³-hybridized carbons (Fsp3) is 0.409. The van der Waals surface area contributed by atoms with Crippen molar-refractivity contribution < 1.29 is 9.21 Å². The molecule has 8 heteroatoms. The summed E-state index contributed by atoms with van der Waals surface area (Å²) in [5, 5.41) is 9.52. The van der Waals surface area contributed by atoms with Crippen LogP contribution >= 0.6 is 11.8 Å². The number of hydrogen-bond acceptors (Lipinski definition) is 6. The highest BCUT2D eigenvalue weighted by Crippen LogP contribution is 2.40. The second-order valence-electron chi connectivity index (χ2n) is 7.88. The van der Waals surface area contributed by atoms with Crippen molar-refractivity contribution in [3.63, 3.8) is 0 Å². The molecule has 30 heavy (non-hydrogen) atoms. The van der Waals surface area contributed by atoms with Gasteiger partial charge in [0.2, 0.25) is 5.91 Å². The number of carbonyl (C=O) groups is 1. The number of amides is 1. The molecule has 1 fully saturated rings. The fourth-order valence-electron chi connectivity index (χ4n) is 3.26. The molecule has 0 bridgehead atoms. The lowest BCUT2D eigenvalue weighted by atomic mass is 10.2. The highest BCUT2D eigenvalue weighted by Gasteiger charge is 2.31. The molecule has 0 atom stereocenters. The van der Waals surface area contributed by atoms with E-state index >= 15 is 0 Å². The van der Waals surface area contributed by atoms with Crippen LogP contribution in [0.1, 0.15) is 35.9 Å².